The third-order valence-electron chi connectivity index (χ3n) is 2.20. The molecular formula is C10H10BBrO3. The first kappa shape index (κ1) is 10.6. The average molecular weight is 269 g/mol. The van der Waals surface area contributed by atoms with Gasteiger partial charge in [-0.2, -0.15) is 0 Å². The van der Waals surface area contributed by atoms with Gasteiger partial charge in [-0.3, -0.25) is 0 Å². The van der Waals surface area contributed by atoms with Crippen LogP contribution in [0.4, 0.5) is 0 Å². The van der Waals surface area contributed by atoms with Crippen LogP contribution in [-0.4, -0.2) is 19.0 Å². The van der Waals surface area contributed by atoms with E-state index in [2.05, 4.69) is 15.9 Å². The quantitative estimate of drug-likeness (QED) is 0.848. The summed E-state index contributed by atoms with van der Waals surface area (Å²) < 4.78 is 11.6. The number of hydrogen-bond donors (Lipinski definition) is 1. The molecule has 0 atom stereocenters. The molecule has 0 unspecified atom stereocenters. The minimum absolute atomic E-state index is 0.543. The van der Waals surface area contributed by atoms with Gasteiger partial charge in [-0.05, 0) is 18.2 Å². The summed E-state index contributed by atoms with van der Waals surface area (Å²) >= 11 is 3.39. The Morgan fingerprint density at radius 3 is 2.73 bits per heavy atom. The summed E-state index contributed by atoms with van der Waals surface area (Å²) in [6.07, 6.45) is 0. The molecule has 1 aromatic carbocycles. The summed E-state index contributed by atoms with van der Waals surface area (Å²) in [4.78, 5) is 0. The first-order valence-corrected chi connectivity index (χ1v) is 5.36. The van der Waals surface area contributed by atoms with Gasteiger partial charge in [-0.1, -0.05) is 22.8 Å². The summed E-state index contributed by atoms with van der Waals surface area (Å²) in [5.41, 5.74) is 1.21. The topological polar surface area (TPSA) is 42.6 Å². The van der Waals surface area contributed by atoms with Gasteiger partial charge in [0.1, 0.15) is 5.66 Å². The van der Waals surface area contributed by atoms with Crippen LogP contribution >= 0.6 is 15.9 Å². The first-order chi connectivity index (χ1) is 7.11. The highest BCUT2D eigenvalue weighted by molar-refractivity contribution is 9.10. The molecule has 1 aromatic heterocycles. The summed E-state index contributed by atoms with van der Waals surface area (Å²) in [5, 5.41) is 10.3. The Balaban J connectivity index is 2.68. The maximum absolute atomic E-state index is 9.41. The number of furan rings is 1. The Hall–Kier alpha value is -0.935. The lowest BCUT2D eigenvalue weighted by Crippen LogP contribution is -2.23. The average Bonchev–Trinajstić information content (AvgIpc) is 2.59. The van der Waals surface area contributed by atoms with E-state index in [9.17, 15) is 5.02 Å². The molecule has 2 rings (SSSR count). The van der Waals surface area contributed by atoms with E-state index in [0.29, 0.717) is 17.0 Å². The van der Waals surface area contributed by atoms with Crippen molar-refractivity contribution >= 4 is 39.5 Å². The number of hydrogen-bond acceptors (Lipinski definition) is 3. The Morgan fingerprint density at radius 2 is 2.13 bits per heavy atom. The molecule has 0 radical (unpaired) electrons. The second kappa shape index (κ2) is 3.91. The van der Waals surface area contributed by atoms with E-state index in [-0.39, 0.29) is 0 Å². The predicted octanol–water partition coefficient (Wildman–Crippen LogP) is 2.02. The van der Waals surface area contributed by atoms with E-state index in [1.165, 1.54) is 0 Å². The van der Waals surface area contributed by atoms with Crippen molar-refractivity contribution in [1.29, 1.82) is 0 Å². The fraction of sp³-hybridized carbons (Fsp3) is 0.200. The molecule has 5 heteroatoms. The van der Waals surface area contributed by atoms with Gasteiger partial charge in [0, 0.05) is 9.86 Å². The van der Waals surface area contributed by atoms with Crippen molar-refractivity contribution < 1.29 is 14.2 Å². The van der Waals surface area contributed by atoms with Gasteiger partial charge in [0.05, 0.1) is 7.11 Å². The van der Waals surface area contributed by atoms with Crippen LogP contribution in [0.2, 0.25) is 6.82 Å². The van der Waals surface area contributed by atoms with Crippen molar-refractivity contribution in [2.24, 2.45) is 0 Å². The standard InChI is InChI=1S/C10H10BBrO3/c1-11(13)9-4-6-3-7(12)5-8(14-2)10(6)15-9/h3-5,13H,1-2H3. The summed E-state index contributed by atoms with van der Waals surface area (Å²) in [6, 6.07) is 5.57. The second-order valence-electron chi connectivity index (χ2n) is 3.35. The van der Waals surface area contributed by atoms with Crippen LogP contribution in [0.25, 0.3) is 11.0 Å². The molecule has 0 spiro atoms. The maximum Gasteiger partial charge on any atom is 0.362 e. The van der Waals surface area contributed by atoms with E-state index < -0.39 is 6.92 Å². The van der Waals surface area contributed by atoms with Gasteiger partial charge < -0.3 is 14.2 Å². The van der Waals surface area contributed by atoms with Crippen LogP contribution in [0.5, 0.6) is 5.75 Å². The number of fused-ring (bicyclic) bond motifs is 1. The highest BCUT2D eigenvalue weighted by atomic mass is 79.9. The van der Waals surface area contributed by atoms with Crippen LogP contribution in [-0.2, 0) is 0 Å². The third-order valence-corrected chi connectivity index (χ3v) is 2.66. The highest BCUT2D eigenvalue weighted by Crippen LogP contribution is 2.30. The maximum atomic E-state index is 9.41. The van der Waals surface area contributed by atoms with Crippen LogP contribution in [0.15, 0.2) is 27.1 Å². The second-order valence-corrected chi connectivity index (χ2v) is 4.27. The normalized spacial score (nSPS) is 10.7. The minimum atomic E-state index is -0.610. The molecule has 0 aliphatic carbocycles. The number of rotatable bonds is 2. The van der Waals surface area contributed by atoms with Crippen LogP contribution in [0, 0.1) is 0 Å². The molecule has 3 nitrogen and oxygen atoms in total. The van der Waals surface area contributed by atoms with E-state index in [1.807, 2.05) is 18.2 Å². The van der Waals surface area contributed by atoms with Gasteiger partial charge in [-0.15, -0.1) is 0 Å². The molecule has 0 amide bonds. The number of halogens is 1. The van der Waals surface area contributed by atoms with E-state index >= 15 is 0 Å². The van der Waals surface area contributed by atoms with E-state index in [4.69, 9.17) is 9.15 Å². The number of ether oxygens (including phenoxy) is 1. The van der Waals surface area contributed by atoms with Gasteiger partial charge in [-0.25, -0.2) is 0 Å². The molecule has 0 fully saturated rings. The smallest absolute Gasteiger partial charge is 0.362 e. The lowest BCUT2D eigenvalue weighted by atomic mass is 9.69. The molecule has 0 saturated carbocycles. The minimum Gasteiger partial charge on any atom is -0.493 e. The molecule has 0 aliphatic rings. The monoisotopic (exact) mass is 268 g/mol. The summed E-state index contributed by atoms with van der Waals surface area (Å²) in [6.45, 7) is 1.06. The molecule has 0 bridgehead atoms. The van der Waals surface area contributed by atoms with E-state index in [1.54, 1.807) is 13.9 Å². The SMILES string of the molecule is COc1cc(Br)cc2cc(B(C)O)oc12. The van der Waals surface area contributed by atoms with Crippen molar-refractivity contribution in [3.8, 4) is 5.75 Å². The fourth-order valence-corrected chi connectivity index (χ4v) is 1.92. The van der Waals surface area contributed by atoms with Crippen molar-refractivity contribution in [3.05, 3.63) is 22.7 Å². The van der Waals surface area contributed by atoms with Crippen LogP contribution < -0.4 is 10.4 Å². The Labute approximate surface area is 96.3 Å². The third kappa shape index (κ3) is 1.89. The van der Waals surface area contributed by atoms with Crippen molar-refractivity contribution in [2.75, 3.05) is 7.11 Å². The van der Waals surface area contributed by atoms with Crippen molar-refractivity contribution in [3.63, 3.8) is 0 Å². The molecule has 78 valence electrons. The lowest BCUT2D eigenvalue weighted by Gasteiger charge is -2.00. The lowest BCUT2D eigenvalue weighted by molar-refractivity contribution is 0.411. The van der Waals surface area contributed by atoms with Crippen molar-refractivity contribution in [1.82, 2.24) is 0 Å². The Bertz CT molecular complexity index is 493. The zero-order valence-electron chi connectivity index (χ0n) is 8.45. The first-order valence-electron chi connectivity index (χ1n) is 4.57. The Kier molecular flexibility index (Phi) is 2.75. The molecular weight excluding hydrogens is 259 g/mol. The predicted molar refractivity (Wildman–Crippen MR) is 63.9 cm³/mol. The van der Waals surface area contributed by atoms with E-state index in [0.717, 1.165) is 9.86 Å². The fourth-order valence-electron chi connectivity index (χ4n) is 1.46. The molecule has 0 saturated heterocycles. The van der Waals surface area contributed by atoms with Gasteiger partial charge in [0.2, 0.25) is 0 Å². The molecule has 1 N–H and O–H groups in total. The van der Waals surface area contributed by atoms with Crippen LogP contribution in [0.1, 0.15) is 0 Å². The summed E-state index contributed by atoms with van der Waals surface area (Å²) in [5.74, 6) is 0.659. The van der Waals surface area contributed by atoms with Gasteiger partial charge >= 0.3 is 6.92 Å². The van der Waals surface area contributed by atoms with Gasteiger partial charge in [0.25, 0.3) is 0 Å². The Morgan fingerprint density at radius 1 is 1.40 bits per heavy atom. The molecule has 0 aliphatic heterocycles. The molecule has 2 aromatic rings. The largest absolute Gasteiger partial charge is 0.493 e. The highest BCUT2D eigenvalue weighted by Gasteiger charge is 2.15. The molecule has 15 heavy (non-hydrogen) atoms. The zero-order chi connectivity index (χ0) is 11.0. The van der Waals surface area contributed by atoms with Crippen molar-refractivity contribution in [2.45, 2.75) is 6.82 Å². The number of methoxy groups -OCH3 is 1. The molecule has 1 heterocycles. The van der Waals surface area contributed by atoms with Crippen LogP contribution in [0.3, 0.4) is 0 Å². The zero-order valence-corrected chi connectivity index (χ0v) is 10.0. The summed E-state index contributed by atoms with van der Waals surface area (Å²) in [7, 11) is 1.59. The van der Waals surface area contributed by atoms with Gasteiger partial charge in [0.15, 0.2) is 11.3 Å². The number of benzene rings is 1.